The summed E-state index contributed by atoms with van der Waals surface area (Å²) in [5, 5.41) is 3.92. The molecule has 1 heterocycles. The first-order chi connectivity index (χ1) is 12.6. The average Bonchev–Trinajstić information content (AvgIpc) is 3.41. The van der Waals surface area contributed by atoms with Crippen molar-refractivity contribution in [1.29, 1.82) is 0 Å². The smallest absolute Gasteiger partial charge is 0.226 e. The third-order valence-electron chi connectivity index (χ3n) is 5.24. The molecular formula is C20H20Cl2F2N2O. The number of hydrogen-bond donors (Lipinski definition) is 1. The molecule has 0 radical (unpaired) electrons. The lowest BCUT2D eigenvalue weighted by molar-refractivity contribution is -0.136. The van der Waals surface area contributed by atoms with Gasteiger partial charge < -0.3 is 10.2 Å². The fourth-order valence-corrected chi connectivity index (χ4v) is 4.04. The van der Waals surface area contributed by atoms with Crippen molar-refractivity contribution in [2.45, 2.75) is 18.4 Å². The average molecular weight is 413 g/mol. The zero-order valence-corrected chi connectivity index (χ0v) is 16.1. The molecule has 2 aliphatic rings. The SMILES string of the molecule is Cl.O=C(C1CC1c1c(F)cccc1F)N1CCNCC1c1cccc(Cl)c1. The van der Waals surface area contributed by atoms with Crippen LogP contribution in [0.25, 0.3) is 0 Å². The lowest BCUT2D eigenvalue weighted by atomic mass is 10.0. The summed E-state index contributed by atoms with van der Waals surface area (Å²) in [6, 6.07) is 11.2. The van der Waals surface area contributed by atoms with Crippen LogP contribution in [0.15, 0.2) is 42.5 Å². The van der Waals surface area contributed by atoms with E-state index in [1.54, 1.807) is 6.07 Å². The van der Waals surface area contributed by atoms with Crippen molar-refractivity contribution in [2.75, 3.05) is 19.6 Å². The number of amides is 1. The van der Waals surface area contributed by atoms with E-state index in [9.17, 15) is 13.6 Å². The number of rotatable bonds is 3. The maximum atomic E-state index is 14.0. The summed E-state index contributed by atoms with van der Waals surface area (Å²) in [5.41, 5.74) is 1.01. The minimum Gasteiger partial charge on any atom is -0.333 e. The summed E-state index contributed by atoms with van der Waals surface area (Å²) in [7, 11) is 0. The number of carbonyl (C=O) groups excluding carboxylic acids is 1. The van der Waals surface area contributed by atoms with Crippen LogP contribution < -0.4 is 5.32 Å². The molecule has 3 unspecified atom stereocenters. The Morgan fingerprint density at radius 1 is 1.15 bits per heavy atom. The van der Waals surface area contributed by atoms with E-state index in [1.165, 1.54) is 18.2 Å². The van der Waals surface area contributed by atoms with Gasteiger partial charge >= 0.3 is 0 Å². The molecule has 1 saturated heterocycles. The van der Waals surface area contributed by atoms with E-state index in [0.29, 0.717) is 31.1 Å². The zero-order chi connectivity index (χ0) is 18.3. The third kappa shape index (κ3) is 3.96. The molecule has 1 N–H and O–H groups in total. The molecule has 3 atom stereocenters. The van der Waals surface area contributed by atoms with E-state index < -0.39 is 11.6 Å². The van der Waals surface area contributed by atoms with E-state index in [4.69, 9.17) is 11.6 Å². The van der Waals surface area contributed by atoms with E-state index in [2.05, 4.69) is 5.32 Å². The Balaban J connectivity index is 0.00000210. The number of piperazine rings is 1. The van der Waals surface area contributed by atoms with Crippen LogP contribution in [0, 0.1) is 17.6 Å². The van der Waals surface area contributed by atoms with Gasteiger partial charge in [0.05, 0.1) is 6.04 Å². The summed E-state index contributed by atoms with van der Waals surface area (Å²) >= 11 is 6.10. The van der Waals surface area contributed by atoms with Crippen molar-refractivity contribution in [2.24, 2.45) is 5.92 Å². The molecule has 1 aliphatic carbocycles. The normalized spacial score (nSPS) is 24.3. The number of carbonyl (C=O) groups is 1. The van der Waals surface area contributed by atoms with Gasteiger partial charge in [0, 0.05) is 42.1 Å². The molecule has 2 fully saturated rings. The zero-order valence-electron chi connectivity index (χ0n) is 14.5. The molecule has 2 aromatic carbocycles. The summed E-state index contributed by atoms with van der Waals surface area (Å²) in [6.45, 7) is 1.91. The molecule has 0 aromatic heterocycles. The van der Waals surface area contributed by atoms with Crippen molar-refractivity contribution in [3.8, 4) is 0 Å². The van der Waals surface area contributed by atoms with Crippen molar-refractivity contribution in [3.63, 3.8) is 0 Å². The van der Waals surface area contributed by atoms with Crippen molar-refractivity contribution in [3.05, 3.63) is 70.2 Å². The summed E-state index contributed by atoms with van der Waals surface area (Å²) in [6.07, 6.45) is 0.489. The van der Waals surface area contributed by atoms with E-state index in [1.807, 2.05) is 23.1 Å². The fourth-order valence-electron chi connectivity index (χ4n) is 3.84. The van der Waals surface area contributed by atoms with Gasteiger partial charge in [-0.15, -0.1) is 12.4 Å². The van der Waals surface area contributed by atoms with E-state index in [-0.39, 0.29) is 41.8 Å². The molecular weight excluding hydrogens is 393 g/mol. The molecule has 1 saturated carbocycles. The third-order valence-corrected chi connectivity index (χ3v) is 5.47. The molecule has 4 rings (SSSR count). The molecule has 3 nitrogen and oxygen atoms in total. The highest BCUT2D eigenvalue weighted by molar-refractivity contribution is 6.30. The monoisotopic (exact) mass is 412 g/mol. The molecule has 1 amide bonds. The van der Waals surface area contributed by atoms with Crippen LogP contribution >= 0.6 is 24.0 Å². The topological polar surface area (TPSA) is 32.3 Å². The molecule has 144 valence electrons. The van der Waals surface area contributed by atoms with Crippen LogP contribution in [0.5, 0.6) is 0 Å². The Hall–Kier alpha value is -1.69. The maximum absolute atomic E-state index is 14.0. The Bertz CT molecular complexity index is 828. The molecule has 0 bridgehead atoms. The molecule has 27 heavy (non-hydrogen) atoms. The second-order valence-electron chi connectivity index (χ2n) is 6.89. The Morgan fingerprint density at radius 3 is 2.56 bits per heavy atom. The van der Waals surface area contributed by atoms with Crippen LogP contribution in [-0.2, 0) is 4.79 Å². The molecule has 2 aromatic rings. The van der Waals surface area contributed by atoms with Crippen molar-refractivity contribution < 1.29 is 13.6 Å². The quantitative estimate of drug-likeness (QED) is 0.813. The highest BCUT2D eigenvalue weighted by atomic mass is 35.5. The summed E-state index contributed by atoms with van der Waals surface area (Å²) in [4.78, 5) is 14.9. The second-order valence-corrected chi connectivity index (χ2v) is 7.33. The van der Waals surface area contributed by atoms with Gasteiger partial charge in [-0.05, 0) is 36.2 Å². The standard InChI is InChI=1S/C20H19ClF2N2O.ClH/c21-13-4-1-3-12(9-13)18-11-24-7-8-25(18)20(26)15-10-14(15)19-16(22)5-2-6-17(19)23;/h1-6,9,14-15,18,24H,7-8,10-11H2;1H. The van der Waals surface area contributed by atoms with Crippen LogP contribution in [0.1, 0.15) is 29.5 Å². The number of nitrogens with one attached hydrogen (secondary N) is 1. The lowest BCUT2D eigenvalue weighted by Crippen LogP contribution is -2.49. The predicted molar refractivity (Wildman–Crippen MR) is 103 cm³/mol. The highest BCUT2D eigenvalue weighted by Crippen LogP contribution is 2.50. The second kappa shape index (κ2) is 8.13. The maximum Gasteiger partial charge on any atom is 0.226 e. The first kappa shape index (κ1) is 20.1. The first-order valence-corrected chi connectivity index (χ1v) is 9.14. The van der Waals surface area contributed by atoms with Gasteiger partial charge in [-0.1, -0.05) is 29.8 Å². The largest absolute Gasteiger partial charge is 0.333 e. The fraction of sp³-hybridized carbons (Fsp3) is 0.350. The Labute approximate surface area is 168 Å². The van der Waals surface area contributed by atoms with Crippen LogP contribution in [0.4, 0.5) is 8.78 Å². The first-order valence-electron chi connectivity index (χ1n) is 8.77. The van der Waals surface area contributed by atoms with Gasteiger partial charge in [-0.25, -0.2) is 8.78 Å². The van der Waals surface area contributed by atoms with Crippen LogP contribution in [0.3, 0.4) is 0 Å². The highest BCUT2D eigenvalue weighted by Gasteiger charge is 2.49. The van der Waals surface area contributed by atoms with Crippen molar-refractivity contribution in [1.82, 2.24) is 10.2 Å². The minimum absolute atomic E-state index is 0. The van der Waals surface area contributed by atoms with E-state index >= 15 is 0 Å². The summed E-state index contributed by atoms with van der Waals surface area (Å²) < 4.78 is 28.0. The van der Waals surface area contributed by atoms with Gasteiger partial charge in [0.15, 0.2) is 0 Å². The van der Waals surface area contributed by atoms with E-state index in [0.717, 1.165) is 5.56 Å². The molecule has 1 aliphatic heterocycles. The summed E-state index contributed by atoms with van der Waals surface area (Å²) in [5.74, 6) is -1.92. The number of halogens is 4. The van der Waals surface area contributed by atoms with Crippen molar-refractivity contribution >= 4 is 29.9 Å². The minimum atomic E-state index is -0.572. The van der Waals surface area contributed by atoms with Gasteiger partial charge in [-0.2, -0.15) is 0 Å². The molecule has 7 heteroatoms. The predicted octanol–water partition coefficient (Wildman–Crippen LogP) is 4.32. The number of benzene rings is 2. The Kier molecular flexibility index (Phi) is 6.04. The van der Waals surface area contributed by atoms with Gasteiger partial charge in [0.2, 0.25) is 5.91 Å². The molecule has 0 spiro atoms. The number of nitrogens with zero attached hydrogens (tertiary/aromatic N) is 1. The van der Waals surface area contributed by atoms with Crippen LogP contribution in [-0.4, -0.2) is 30.4 Å². The lowest BCUT2D eigenvalue weighted by Gasteiger charge is -2.37. The van der Waals surface area contributed by atoms with Crippen LogP contribution in [0.2, 0.25) is 5.02 Å². The number of hydrogen-bond acceptors (Lipinski definition) is 2. The Morgan fingerprint density at radius 2 is 1.85 bits per heavy atom. The van der Waals surface area contributed by atoms with Gasteiger partial charge in [-0.3, -0.25) is 4.79 Å². The van der Waals surface area contributed by atoms with Gasteiger partial charge in [0.1, 0.15) is 11.6 Å². The van der Waals surface area contributed by atoms with Gasteiger partial charge in [0.25, 0.3) is 0 Å².